The van der Waals surface area contributed by atoms with Crippen LogP contribution in [0.3, 0.4) is 0 Å². The molecule has 1 rings (SSSR count). The Morgan fingerprint density at radius 3 is 2.75 bits per heavy atom. The molecule has 112 valence electrons. The summed E-state index contributed by atoms with van der Waals surface area (Å²) in [5.41, 5.74) is 1.48. The second-order valence-corrected chi connectivity index (χ2v) is 5.07. The molecule has 1 N–H and O–H groups in total. The smallest absolute Gasteiger partial charge is 0.272 e. The number of nitrogens with zero attached hydrogens (tertiary/aromatic N) is 2. The highest BCUT2D eigenvalue weighted by molar-refractivity contribution is 5.93. The van der Waals surface area contributed by atoms with Crippen LogP contribution in [-0.4, -0.2) is 34.9 Å². The maximum Gasteiger partial charge on any atom is 0.272 e. The van der Waals surface area contributed by atoms with Gasteiger partial charge in [-0.25, -0.2) is 0 Å². The first-order chi connectivity index (χ1) is 9.63. The Morgan fingerprint density at radius 1 is 1.40 bits per heavy atom. The van der Waals surface area contributed by atoms with Gasteiger partial charge in [-0.1, -0.05) is 20.3 Å². The Hall–Kier alpha value is -1.58. The second-order valence-electron chi connectivity index (χ2n) is 5.07. The zero-order chi connectivity index (χ0) is 15.0. The van der Waals surface area contributed by atoms with Gasteiger partial charge >= 0.3 is 0 Å². The number of hydrogen-bond donors (Lipinski definition) is 1. The van der Waals surface area contributed by atoms with Crippen molar-refractivity contribution in [2.75, 3.05) is 18.4 Å². The van der Waals surface area contributed by atoms with Crippen LogP contribution in [0.5, 0.6) is 0 Å². The van der Waals surface area contributed by atoms with Gasteiger partial charge in [0, 0.05) is 31.0 Å². The molecule has 1 aromatic rings. The maximum atomic E-state index is 12.6. The van der Waals surface area contributed by atoms with Gasteiger partial charge in [-0.3, -0.25) is 9.78 Å². The van der Waals surface area contributed by atoms with Crippen molar-refractivity contribution in [3.05, 3.63) is 24.0 Å². The van der Waals surface area contributed by atoms with Crippen LogP contribution in [0, 0.1) is 0 Å². The third-order valence-electron chi connectivity index (χ3n) is 3.50. The van der Waals surface area contributed by atoms with Gasteiger partial charge in [0.05, 0.1) is 0 Å². The van der Waals surface area contributed by atoms with E-state index in [4.69, 9.17) is 0 Å². The van der Waals surface area contributed by atoms with Crippen LogP contribution in [-0.2, 0) is 0 Å². The van der Waals surface area contributed by atoms with Gasteiger partial charge in [0.2, 0.25) is 0 Å². The summed E-state index contributed by atoms with van der Waals surface area (Å²) in [6.07, 6.45) is 4.77. The van der Waals surface area contributed by atoms with Gasteiger partial charge in [0.1, 0.15) is 5.69 Å². The van der Waals surface area contributed by atoms with Crippen molar-refractivity contribution in [3.63, 3.8) is 0 Å². The lowest BCUT2D eigenvalue weighted by atomic mass is 10.1. The Bertz CT molecular complexity index is 420. The molecule has 1 atom stereocenters. The molecule has 20 heavy (non-hydrogen) atoms. The van der Waals surface area contributed by atoms with Crippen LogP contribution < -0.4 is 5.32 Å². The van der Waals surface area contributed by atoms with Crippen molar-refractivity contribution in [1.29, 1.82) is 0 Å². The van der Waals surface area contributed by atoms with E-state index in [2.05, 4.69) is 31.1 Å². The van der Waals surface area contributed by atoms with Crippen LogP contribution in [0.2, 0.25) is 0 Å². The number of rotatable bonds is 8. The summed E-state index contributed by atoms with van der Waals surface area (Å²) in [4.78, 5) is 18.8. The number of hydrogen-bond acceptors (Lipinski definition) is 3. The van der Waals surface area contributed by atoms with E-state index in [-0.39, 0.29) is 11.9 Å². The molecular formula is C16H27N3O. The first kappa shape index (κ1) is 16.5. The number of unbranched alkanes of at least 4 members (excludes halogenated alkanes) is 1. The van der Waals surface area contributed by atoms with E-state index in [9.17, 15) is 4.79 Å². The first-order valence-electron chi connectivity index (χ1n) is 7.64. The normalized spacial score (nSPS) is 12.0. The van der Waals surface area contributed by atoms with Gasteiger partial charge in [-0.15, -0.1) is 0 Å². The fourth-order valence-electron chi connectivity index (χ4n) is 2.08. The fraction of sp³-hybridized carbons (Fsp3) is 0.625. The summed E-state index contributed by atoms with van der Waals surface area (Å²) in [5, 5.41) is 3.22. The van der Waals surface area contributed by atoms with E-state index in [0.717, 1.165) is 38.0 Å². The van der Waals surface area contributed by atoms with Gasteiger partial charge in [0.25, 0.3) is 5.91 Å². The molecule has 0 aliphatic rings. The minimum Gasteiger partial charge on any atom is -0.385 e. The molecule has 1 amide bonds. The molecule has 0 bridgehead atoms. The monoisotopic (exact) mass is 277 g/mol. The van der Waals surface area contributed by atoms with Crippen molar-refractivity contribution < 1.29 is 4.79 Å². The number of aromatic nitrogens is 1. The topological polar surface area (TPSA) is 45.2 Å². The Balaban J connectivity index is 2.89. The summed E-state index contributed by atoms with van der Waals surface area (Å²) in [7, 11) is 0. The predicted octanol–water partition coefficient (Wildman–Crippen LogP) is 3.55. The van der Waals surface area contributed by atoms with Crippen molar-refractivity contribution in [1.82, 2.24) is 9.88 Å². The Labute approximate surface area is 122 Å². The highest BCUT2D eigenvalue weighted by Crippen LogP contribution is 2.14. The molecule has 1 unspecified atom stereocenters. The molecule has 0 radical (unpaired) electrons. The molecule has 0 fully saturated rings. The summed E-state index contributed by atoms with van der Waals surface area (Å²) in [6, 6.07) is 3.98. The number of nitrogens with one attached hydrogen (secondary N) is 1. The first-order valence-corrected chi connectivity index (χ1v) is 7.64. The van der Waals surface area contributed by atoms with E-state index in [0.29, 0.717) is 5.69 Å². The average molecular weight is 277 g/mol. The van der Waals surface area contributed by atoms with Crippen molar-refractivity contribution >= 4 is 11.6 Å². The third kappa shape index (κ3) is 4.51. The van der Waals surface area contributed by atoms with Gasteiger partial charge in [-0.05, 0) is 38.8 Å². The largest absolute Gasteiger partial charge is 0.385 e. The molecule has 0 aromatic carbocycles. The average Bonchev–Trinajstić information content (AvgIpc) is 2.47. The van der Waals surface area contributed by atoms with E-state index >= 15 is 0 Å². The van der Waals surface area contributed by atoms with E-state index in [1.165, 1.54) is 0 Å². The zero-order valence-electron chi connectivity index (χ0n) is 13.1. The lowest BCUT2D eigenvalue weighted by molar-refractivity contribution is 0.0679. The summed E-state index contributed by atoms with van der Waals surface area (Å²) >= 11 is 0. The molecule has 4 nitrogen and oxygen atoms in total. The lowest BCUT2D eigenvalue weighted by Crippen LogP contribution is -2.39. The molecule has 0 spiro atoms. The minimum absolute atomic E-state index is 0.0348. The van der Waals surface area contributed by atoms with E-state index < -0.39 is 0 Å². The number of carbonyl (C=O) groups excluding carboxylic acids is 1. The Kier molecular flexibility index (Phi) is 7.05. The van der Waals surface area contributed by atoms with Crippen LogP contribution >= 0.6 is 0 Å². The molecule has 0 aliphatic heterocycles. The van der Waals surface area contributed by atoms with Crippen molar-refractivity contribution in [2.45, 2.75) is 53.0 Å². The van der Waals surface area contributed by atoms with Crippen LogP contribution in [0.4, 0.5) is 5.69 Å². The zero-order valence-corrected chi connectivity index (χ0v) is 13.1. The number of anilines is 1. The summed E-state index contributed by atoms with van der Waals surface area (Å²) in [5.74, 6) is 0.0348. The SMILES string of the molecule is CCCCN(C(=O)c1cc(NCC)ccn1)C(C)CC. The predicted molar refractivity (Wildman–Crippen MR) is 84.1 cm³/mol. The minimum atomic E-state index is 0.0348. The molecular weight excluding hydrogens is 250 g/mol. The van der Waals surface area contributed by atoms with Crippen LogP contribution in [0.15, 0.2) is 18.3 Å². The Morgan fingerprint density at radius 2 is 2.15 bits per heavy atom. The molecule has 4 heteroatoms. The highest BCUT2D eigenvalue weighted by Gasteiger charge is 2.21. The van der Waals surface area contributed by atoms with Crippen LogP contribution in [0.1, 0.15) is 57.4 Å². The molecule has 0 saturated heterocycles. The number of pyridine rings is 1. The quantitative estimate of drug-likeness (QED) is 0.790. The van der Waals surface area contributed by atoms with E-state index in [1.807, 2.05) is 24.0 Å². The maximum absolute atomic E-state index is 12.6. The third-order valence-corrected chi connectivity index (χ3v) is 3.50. The lowest BCUT2D eigenvalue weighted by Gasteiger charge is -2.28. The van der Waals surface area contributed by atoms with Crippen molar-refractivity contribution in [3.8, 4) is 0 Å². The van der Waals surface area contributed by atoms with Gasteiger partial charge in [0.15, 0.2) is 0 Å². The van der Waals surface area contributed by atoms with Crippen molar-refractivity contribution in [2.24, 2.45) is 0 Å². The van der Waals surface area contributed by atoms with Crippen LogP contribution in [0.25, 0.3) is 0 Å². The molecule has 1 heterocycles. The molecule has 1 aromatic heterocycles. The second kappa shape index (κ2) is 8.56. The van der Waals surface area contributed by atoms with Gasteiger partial charge in [-0.2, -0.15) is 0 Å². The fourth-order valence-corrected chi connectivity index (χ4v) is 2.08. The molecule has 0 aliphatic carbocycles. The number of carbonyl (C=O) groups is 1. The number of amides is 1. The highest BCUT2D eigenvalue weighted by atomic mass is 16.2. The standard InChI is InChI=1S/C16H27N3O/c1-5-8-11-19(13(4)6-2)16(20)15-12-14(17-7-3)9-10-18-15/h9-10,12-13H,5-8,11H2,1-4H3,(H,17,18). The summed E-state index contributed by atoms with van der Waals surface area (Å²) < 4.78 is 0. The van der Waals surface area contributed by atoms with Gasteiger partial charge < -0.3 is 10.2 Å². The van der Waals surface area contributed by atoms with E-state index in [1.54, 1.807) is 6.20 Å². The summed E-state index contributed by atoms with van der Waals surface area (Å²) in [6.45, 7) is 10.0. The molecule has 0 saturated carbocycles.